The summed E-state index contributed by atoms with van der Waals surface area (Å²) in [6, 6.07) is 11.8. The average molecular weight is 524 g/mol. The zero-order valence-electron chi connectivity index (χ0n) is 21.4. The Labute approximate surface area is 222 Å². The topological polar surface area (TPSA) is 90.7 Å². The molecule has 9 heteroatoms. The van der Waals surface area contributed by atoms with Gasteiger partial charge in [0.15, 0.2) is 0 Å². The number of hydrogen-bond acceptors (Lipinski definition) is 6. The predicted octanol–water partition coefficient (Wildman–Crippen LogP) is 5.26. The van der Waals surface area contributed by atoms with Crippen molar-refractivity contribution in [3.05, 3.63) is 53.4 Å². The van der Waals surface area contributed by atoms with E-state index in [0.29, 0.717) is 39.6 Å². The van der Waals surface area contributed by atoms with Gasteiger partial charge >= 0.3 is 0 Å². The number of carbonyl (C=O) groups excluding carboxylic acids is 2. The molecule has 0 spiro atoms. The highest BCUT2D eigenvalue weighted by Crippen LogP contribution is 2.33. The number of anilines is 2. The highest BCUT2D eigenvalue weighted by atomic mass is 35.5. The molecule has 3 aromatic rings. The number of furan rings is 1. The monoisotopic (exact) mass is 523 g/mol. The van der Waals surface area contributed by atoms with Gasteiger partial charge in [-0.1, -0.05) is 23.7 Å². The first-order chi connectivity index (χ1) is 17.9. The van der Waals surface area contributed by atoms with Crippen LogP contribution in [0.25, 0.3) is 11.0 Å². The summed E-state index contributed by atoms with van der Waals surface area (Å²) >= 11 is 5.90. The summed E-state index contributed by atoms with van der Waals surface area (Å²) in [6.07, 6.45) is 5.46. The molecule has 37 heavy (non-hydrogen) atoms. The number of para-hydroxylation sites is 1. The maximum absolute atomic E-state index is 13.3. The van der Waals surface area contributed by atoms with Crippen LogP contribution in [0.15, 0.2) is 47.0 Å². The number of nitrogens with zero attached hydrogens (tertiary/aromatic N) is 3. The van der Waals surface area contributed by atoms with Crippen LogP contribution in [0, 0.1) is 5.92 Å². The number of amides is 2. The first kappa shape index (κ1) is 25.7. The van der Waals surface area contributed by atoms with E-state index >= 15 is 0 Å². The minimum atomic E-state index is -0.483. The van der Waals surface area contributed by atoms with Gasteiger partial charge in [-0.15, -0.1) is 0 Å². The van der Waals surface area contributed by atoms with E-state index in [-0.39, 0.29) is 17.6 Å². The van der Waals surface area contributed by atoms with Crippen LogP contribution in [0.5, 0.6) is 0 Å². The predicted molar refractivity (Wildman–Crippen MR) is 146 cm³/mol. The van der Waals surface area contributed by atoms with E-state index in [1.165, 1.54) is 19.0 Å². The first-order valence-corrected chi connectivity index (χ1v) is 13.5. The standard InChI is InChI=1S/C28H34ClN5O3/c1-18(2)33-15-11-21(12-16-33)34-13-9-19(10-14-34)27(35)32-25-22-5-3-4-6-23(22)37-26(25)28(36)31-24-8-7-20(29)17-30-24/h3-8,17-19,21H,9-16H2,1-2H3,(H,32,35)(H,30,31,36). The molecule has 2 aliphatic rings. The Bertz CT molecular complexity index is 1240. The van der Waals surface area contributed by atoms with E-state index in [9.17, 15) is 9.59 Å². The van der Waals surface area contributed by atoms with Crippen LogP contribution in [-0.4, -0.2) is 64.9 Å². The Morgan fingerprint density at radius 2 is 1.73 bits per heavy atom. The summed E-state index contributed by atoms with van der Waals surface area (Å²) in [5.41, 5.74) is 0.935. The van der Waals surface area contributed by atoms with Crippen molar-refractivity contribution >= 4 is 45.9 Å². The second kappa shape index (κ2) is 11.2. The van der Waals surface area contributed by atoms with Crippen molar-refractivity contribution in [2.45, 2.75) is 51.6 Å². The maximum atomic E-state index is 13.3. The number of hydrogen-bond donors (Lipinski definition) is 2. The lowest BCUT2D eigenvalue weighted by Gasteiger charge is -2.42. The molecule has 0 unspecified atom stereocenters. The third kappa shape index (κ3) is 5.81. The largest absolute Gasteiger partial charge is 0.449 e. The Morgan fingerprint density at radius 3 is 2.41 bits per heavy atom. The van der Waals surface area contributed by atoms with Crippen LogP contribution in [0.1, 0.15) is 50.1 Å². The number of nitrogens with one attached hydrogen (secondary N) is 2. The third-order valence-corrected chi connectivity index (χ3v) is 7.89. The molecule has 196 valence electrons. The molecule has 4 heterocycles. The van der Waals surface area contributed by atoms with E-state index in [1.54, 1.807) is 18.2 Å². The number of halogens is 1. The van der Waals surface area contributed by atoms with Gasteiger partial charge in [0, 0.05) is 29.6 Å². The summed E-state index contributed by atoms with van der Waals surface area (Å²) in [4.78, 5) is 35.7. The quantitative estimate of drug-likeness (QED) is 0.458. The highest BCUT2D eigenvalue weighted by molar-refractivity contribution is 6.30. The molecule has 2 N–H and O–H groups in total. The zero-order chi connectivity index (χ0) is 25.9. The van der Waals surface area contributed by atoms with E-state index < -0.39 is 5.91 Å². The van der Waals surface area contributed by atoms with Crippen LogP contribution in [0.4, 0.5) is 11.5 Å². The minimum Gasteiger partial charge on any atom is -0.449 e. The molecule has 8 nitrogen and oxygen atoms in total. The molecule has 2 aromatic heterocycles. The number of rotatable bonds is 6. The molecule has 2 amide bonds. The summed E-state index contributed by atoms with van der Waals surface area (Å²) < 4.78 is 5.87. The van der Waals surface area contributed by atoms with Gasteiger partial charge in [-0.3, -0.25) is 9.59 Å². The van der Waals surface area contributed by atoms with E-state index in [2.05, 4.69) is 39.3 Å². The second-order valence-electron chi connectivity index (χ2n) is 10.3. The van der Waals surface area contributed by atoms with Crippen LogP contribution >= 0.6 is 11.6 Å². The Balaban J connectivity index is 1.24. The van der Waals surface area contributed by atoms with Crippen molar-refractivity contribution in [2.24, 2.45) is 5.92 Å². The normalized spacial score (nSPS) is 18.4. The van der Waals surface area contributed by atoms with Crippen molar-refractivity contribution in [1.82, 2.24) is 14.8 Å². The van der Waals surface area contributed by atoms with Crippen molar-refractivity contribution < 1.29 is 14.0 Å². The molecular weight excluding hydrogens is 490 g/mol. The van der Waals surface area contributed by atoms with Crippen LogP contribution in [0.3, 0.4) is 0 Å². The summed E-state index contributed by atoms with van der Waals surface area (Å²) in [6.45, 7) is 8.66. The third-order valence-electron chi connectivity index (χ3n) is 7.67. The number of carbonyl (C=O) groups is 2. The zero-order valence-corrected chi connectivity index (χ0v) is 22.1. The summed E-state index contributed by atoms with van der Waals surface area (Å²) in [7, 11) is 0. The van der Waals surface area contributed by atoms with Crippen LogP contribution in [0.2, 0.25) is 5.02 Å². The Hall–Kier alpha value is -2.94. The van der Waals surface area contributed by atoms with E-state index in [4.69, 9.17) is 16.0 Å². The lowest BCUT2D eigenvalue weighted by atomic mass is 9.92. The Morgan fingerprint density at radius 1 is 1.00 bits per heavy atom. The van der Waals surface area contributed by atoms with Gasteiger partial charge < -0.3 is 24.9 Å². The Kier molecular flexibility index (Phi) is 7.79. The fraction of sp³-hybridized carbons (Fsp3) is 0.464. The van der Waals surface area contributed by atoms with Crippen molar-refractivity contribution in [2.75, 3.05) is 36.8 Å². The van der Waals surface area contributed by atoms with Gasteiger partial charge in [0.05, 0.1) is 5.02 Å². The molecule has 0 aliphatic carbocycles. The lowest BCUT2D eigenvalue weighted by molar-refractivity contribution is -0.121. The number of aromatic nitrogens is 1. The number of pyridine rings is 1. The van der Waals surface area contributed by atoms with Gasteiger partial charge in [-0.2, -0.15) is 0 Å². The number of piperidine rings is 2. The SMILES string of the molecule is CC(C)N1CCC(N2CCC(C(=O)Nc3c(C(=O)Nc4ccc(Cl)cn4)oc4ccccc34)CC2)CC1. The molecular formula is C28H34ClN5O3. The summed E-state index contributed by atoms with van der Waals surface area (Å²) in [5.74, 6) is -0.253. The van der Waals surface area contributed by atoms with Crippen molar-refractivity contribution in [3.63, 3.8) is 0 Å². The molecule has 2 saturated heterocycles. The van der Waals surface area contributed by atoms with Crippen LogP contribution in [-0.2, 0) is 4.79 Å². The molecule has 2 fully saturated rings. The van der Waals surface area contributed by atoms with Crippen molar-refractivity contribution in [3.8, 4) is 0 Å². The maximum Gasteiger partial charge on any atom is 0.294 e. The fourth-order valence-corrected chi connectivity index (χ4v) is 5.58. The van der Waals surface area contributed by atoms with E-state index in [1.807, 2.05) is 18.2 Å². The molecule has 0 atom stereocenters. The average Bonchev–Trinajstić information content (AvgIpc) is 3.28. The fourth-order valence-electron chi connectivity index (χ4n) is 5.47. The van der Waals surface area contributed by atoms with Gasteiger partial charge in [0.2, 0.25) is 11.7 Å². The minimum absolute atomic E-state index is 0.0562. The van der Waals surface area contributed by atoms with Crippen LogP contribution < -0.4 is 10.6 Å². The first-order valence-electron chi connectivity index (χ1n) is 13.1. The van der Waals surface area contributed by atoms with Crippen molar-refractivity contribution in [1.29, 1.82) is 0 Å². The lowest BCUT2D eigenvalue weighted by Crippen LogP contribution is -2.49. The van der Waals surface area contributed by atoms with Gasteiger partial charge in [-0.25, -0.2) is 4.98 Å². The smallest absolute Gasteiger partial charge is 0.294 e. The molecule has 0 radical (unpaired) electrons. The van der Waals surface area contributed by atoms with Gasteiger partial charge in [0.25, 0.3) is 5.91 Å². The second-order valence-corrected chi connectivity index (χ2v) is 10.7. The molecule has 2 aliphatic heterocycles. The van der Waals surface area contributed by atoms with E-state index in [0.717, 1.165) is 39.0 Å². The number of benzene rings is 1. The van der Waals surface area contributed by atoms with Gasteiger partial charge in [-0.05, 0) is 90.0 Å². The van der Waals surface area contributed by atoms with Gasteiger partial charge in [0.1, 0.15) is 17.1 Å². The molecule has 0 saturated carbocycles. The molecule has 5 rings (SSSR count). The highest BCUT2D eigenvalue weighted by Gasteiger charge is 2.32. The number of likely N-dealkylation sites (tertiary alicyclic amines) is 2. The molecule has 0 bridgehead atoms. The molecule has 1 aromatic carbocycles. The summed E-state index contributed by atoms with van der Waals surface area (Å²) in [5, 5.41) is 6.93. The number of fused-ring (bicyclic) bond motifs is 1.